The number of para-hydroxylation sites is 1. The van der Waals surface area contributed by atoms with Crippen LogP contribution in [0, 0.1) is 10.1 Å². The van der Waals surface area contributed by atoms with Gasteiger partial charge in [0.2, 0.25) is 10.0 Å². The van der Waals surface area contributed by atoms with Crippen molar-refractivity contribution in [1.82, 2.24) is 4.72 Å². The Morgan fingerprint density at radius 3 is 2.39 bits per heavy atom. The van der Waals surface area contributed by atoms with Crippen LogP contribution in [0.3, 0.4) is 0 Å². The second kappa shape index (κ2) is 7.21. The quantitative estimate of drug-likeness (QED) is 0.617. The summed E-state index contributed by atoms with van der Waals surface area (Å²) >= 11 is 0. The second-order valence-corrected chi connectivity index (χ2v) is 6.62. The third kappa shape index (κ3) is 4.76. The van der Waals surface area contributed by atoms with Crippen molar-refractivity contribution in [1.29, 1.82) is 0 Å². The number of benzene rings is 2. The van der Waals surface area contributed by atoms with Crippen LogP contribution in [-0.2, 0) is 22.3 Å². The van der Waals surface area contributed by atoms with Crippen molar-refractivity contribution in [3.63, 3.8) is 0 Å². The molecule has 0 aliphatic carbocycles. The van der Waals surface area contributed by atoms with Gasteiger partial charge in [0.15, 0.2) is 0 Å². The van der Waals surface area contributed by atoms with Crippen LogP contribution in [-0.4, -0.2) is 20.5 Å². The predicted octanol–water partition coefficient (Wildman–Crippen LogP) is 2.22. The van der Waals surface area contributed by atoms with Crippen molar-refractivity contribution in [2.45, 2.75) is 12.3 Å². The molecule has 23 heavy (non-hydrogen) atoms. The molecule has 0 spiro atoms. The Labute approximate surface area is 134 Å². The molecule has 122 valence electrons. The van der Waals surface area contributed by atoms with Gasteiger partial charge in [-0.05, 0) is 11.6 Å². The van der Waals surface area contributed by atoms with E-state index in [9.17, 15) is 18.5 Å². The number of rotatable bonds is 7. The monoisotopic (exact) mass is 336 g/mol. The molecule has 0 radical (unpaired) electrons. The summed E-state index contributed by atoms with van der Waals surface area (Å²) in [6, 6.07) is 12.5. The fourth-order valence-corrected chi connectivity index (χ4v) is 3.13. The van der Waals surface area contributed by atoms with Gasteiger partial charge in [0.05, 0.1) is 17.8 Å². The molecular weight excluding hydrogens is 320 g/mol. The minimum absolute atomic E-state index is 0.0758. The first kappa shape index (κ1) is 16.9. The lowest BCUT2D eigenvalue weighted by Crippen LogP contribution is -2.24. The first-order chi connectivity index (χ1) is 10.9. The number of nitro groups is 1. The van der Waals surface area contributed by atoms with Crippen molar-refractivity contribution in [3.05, 3.63) is 69.8 Å². The topological polar surface area (TPSA) is 98.5 Å². The molecule has 0 saturated carbocycles. The first-order valence-electron chi connectivity index (χ1n) is 6.74. The van der Waals surface area contributed by atoms with Crippen LogP contribution in [0.1, 0.15) is 11.1 Å². The summed E-state index contributed by atoms with van der Waals surface area (Å²) in [5.74, 6) is 0.352. The molecule has 0 atom stereocenters. The van der Waals surface area contributed by atoms with E-state index in [1.807, 2.05) is 0 Å². The van der Waals surface area contributed by atoms with Crippen LogP contribution in [0.25, 0.3) is 0 Å². The maximum atomic E-state index is 12.1. The van der Waals surface area contributed by atoms with Crippen molar-refractivity contribution < 1.29 is 18.1 Å². The molecular formula is C15H16N2O5S. The van der Waals surface area contributed by atoms with E-state index in [1.54, 1.807) is 24.3 Å². The molecule has 8 heteroatoms. The lowest BCUT2D eigenvalue weighted by molar-refractivity contribution is -0.384. The van der Waals surface area contributed by atoms with E-state index < -0.39 is 14.9 Å². The van der Waals surface area contributed by atoms with E-state index in [2.05, 4.69) is 4.72 Å². The normalized spacial score (nSPS) is 11.2. The van der Waals surface area contributed by atoms with Crippen molar-refractivity contribution >= 4 is 15.7 Å². The molecule has 0 unspecified atom stereocenters. The molecule has 0 aromatic heterocycles. The van der Waals surface area contributed by atoms with E-state index in [0.29, 0.717) is 11.3 Å². The number of nitrogens with one attached hydrogen (secondary N) is 1. The van der Waals surface area contributed by atoms with E-state index in [4.69, 9.17) is 4.74 Å². The molecule has 0 aliphatic heterocycles. The van der Waals surface area contributed by atoms with Crippen LogP contribution in [0.4, 0.5) is 5.69 Å². The van der Waals surface area contributed by atoms with Gasteiger partial charge >= 0.3 is 0 Å². The van der Waals surface area contributed by atoms with E-state index in [0.717, 1.165) is 5.56 Å². The Balaban J connectivity index is 2.03. The number of ether oxygens (including phenoxy) is 1. The van der Waals surface area contributed by atoms with Gasteiger partial charge in [0.1, 0.15) is 5.75 Å². The highest BCUT2D eigenvalue weighted by Gasteiger charge is 2.14. The van der Waals surface area contributed by atoms with Gasteiger partial charge in [0.25, 0.3) is 5.69 Å². The van der Waals surface area contributed by atoms with Gasteiger partial charge < -0.3 is 4.74 Å². The summed E-state index contributed by atoms with van der Waals surface area (Å²) in [6.07, 6.45) is 0. The summed E-state index contributed by atoms with van der Waals surface area (Å²) in [5.41, 5.74) is 1.12. The summed E-state index contributed by atoms with van der Waals surface area (Å²) in [4.78, 5) is 10.1. The average molecular weight is 336 g/mol. The number of hydrogen-bond donors (Lipinski definition) is 1. The fraction of sp³-hybridized carbons (Fsp3) is 0.200. The highest BCUT2D eigenvalue weighted by Crippen LogP contribution is 2.18. The Kier molecular flexibility index (Phi) is 5.30. The van der Waals surface area contributed by atoms with Crippen LogP contribution < -0.4 is 9.46 Å². The lowest BCUT2D eigenvalue weighted by atomic mass is 10.2. The number of sulfonamides is 1. The molecule has 2 rings (SSSR count). The summed E-state index contributed by atoms with van der Waals surface area (Å²) < 4.78 is 31.9. The van der Waals surface area contributed by atoms with Crippen LogP contribution in [0.15, 0.2) is 48.5 Å². The highest BCUT2D eigenvalue weighted by molar-refractivity contribution is 7.88. The maximum absolute atomic E-state index is 12.1. The summed E-state index contributed by atoms with van der Waals surface area (Å²) in [5, 5.41) is 10.6. The van der Waals surface area contributed by atoms with Gasteiger partial charge in [-0.15, -0.1) is 0 Å². The van der Waals surface area contributed by atoms with Gasteiger partial charge in [-0.25, -0.2) is 13.1 Å². The molecule has 0 bridgehead atoms. The van der Waals surface area contributed by atoms with E-state index >= 15 is 0 Å². The molecule has 0 saturated heterocycles. The number of non-ortho nitro benzene ring substituents is 1. The number of nitro benzene ring substituents is 1. The zero-order valence-electron chi connectivity index (χ0n) is 12.4. The van der Waals surface area contributed by atoms with Crippen LogP contribution >= 0.6 is 0 Å². The Morgan fingerprint density at radius 2 is 1.78 bits per heavy atom. The van der Waals surface area contributed by atoms with Crippen molar-refractivity contribution in [2.75, 3.05) is 7.11 Å². The van der Waals surface area contributed by atoms with E-state index in [-0.39, 0.29) is 18.0 Å². The Hall–Kier alpha value is -2.45. The van der Waals surface area contributed by atoms with Crippen LogP contribution in [0.5, 0.6) is 5.75 Å². The zero-order chi connectivity index (χ0) is 16.9. The highest BCUT2D eigenvalue weighted by atomic mass is 32.2. The molecule has 2 aromatic carbocycles. The molecule has 1 N–H and O–H groups in total. The lowest BCUT2D eigenvalue weighted by Gasteiger charge is -2.10. The van der Waals surface area contributed by atoms with Gasteiger partial charge in [-0.1, -0.05) is 30.3 Å². The van der Waals surface area contributed by atoms with Gasteiger partial charge in [-0.3, -0.25) is 10.1 Å². The number of methoxy groups -OCH3 is 1. The largest absolute Gasteiger partial charge is 0.496 e. The molecule has 0 aliphatic rings. The molecule has 0 heterocycles. The minimum Gasteiger partial charge on any atom is -0.496 e. The summed E-state index contributed by atoms with van der Waals surface area (Å²) in [7, 11) is -2.05. The van der Waals surface area contributed by atoms with Crippen LogP contribution in [0.2, 0.25) is 0 Å². The maximum Gasteiger partial charge on any atom is 0.269 e. The fourth-order valence-electron chi connectivity index (χ4n) is 2.02. The Bertz CT molecular complexity index is 788. The van der Waals surface area contributed by atoms with Gasteiger partial charge in [0, 0.05) is 24.2 Å². The third-order valence-corrected chi connectivity index (χ3v) is 4.48. The number of hydrogen-bond acceptors (Lipinski definition) is 5. The summed E-state index contributed by atoms with van der Waals surface area (Å²) in [6.45, 7) is 0.110. The smallest absolute Gasteiger partial charge is 0.269 e. The second-order valence-electron chi connectivity index (χ2n) is 4.82. The minimum atomic E-state index is -3.57. The van der Waals surface area contributed by atoms with Crippen molar-refractivity contribution in [3.8, 4) is 5.75 Å². The molecule has 2 aromatic rings. The van der Waals surface area contributed by atoms with E-state index in [1.165, 1.54) is 31.4 Å². The third-order valence-electron chi connectivity index (χ3n) is 3.18. The molecule has 7 nitrogen and oxygen atoms in total. The SMILES string of the molecule is COc1ccccc1CNS(=O)(=O)Cc1ccc([N+](=O)[O-])cc1. The van der Waals surface area contributed by atoms with Crippen molar-refractivity contribution in [2.24, 2.45) is 0 Å². The Morgan fingerprint density at radius 1 is 1.13 bits per heavy atom. The zero-order valence-corrected chi connectivity index (χ0v) is 13.2. The molecule has 0 fully saturated rings. The predicted molar refractivity (Wildman–Crippen MR) is 85.6 cm³/mol. The average Bonchev–Trinajstić information content (AvgIpc) is 2.53. The number of nitrogens with zero attached hydrogens (tertiary/aromatic N) is 1. The standard InChI is InChI=1S/C15H16N2O5S/c1-22-15-5-3-2-4-13(15)10-16-23(20,21)11-12-6-8-14(9-7-12)17(18)19/h2-9,16H,10-11H2,1H3. The first-order valence-corrected chi connectivity index (χ1v) is 8.39. The molecule has 0 amide bonds. The van der Waals surface area contributed by atoms with Gasteiger partial charge in [-0.2, -0.15) is 0 Å².